The van der Waals surface area contributed by atoms with Crippen molar-refractivity contribution in [2.24, 2.45) is 23.7 Å². The molecule has 0 aromatic heterocycles. The van der Waals surface area contributed by atoms with Crippen molar-refractivity contribution in [3.63, 3.8) is 0 Å². The number of hydrogen-bond acceptors (Lipinski definition) is 2. The molecule has 0 heterocycles. The van der Waals surface area contributed by atoms with Gasteiger partial charge < -0.3 is 10.1 Å². The Morgan fingerprint density at radius 2 is 1.85 bits per heavy atom. The highest BCUT2D eigenvalue weighted by molar-refractivity contribution is 4.90. The maximum absolute atomic E-state index is 5.29. The van der Waals surface area contributed by atoms with E-state index >= 15 is 0 Å². The zero-order valence-electron chi connectivity index (χ0n) is 13.9. The maximum Gasteiger partial charge on any atom is 0.0465 e. The summed E-state index contributed by atoms with van der Waals surface area (Å²) in [6.45, 7) is 6.68. The van der Waals surface area contributed by atoms with Gasteiger partial charge in [-0.1, -0.05) is 39.5 Å². The van der Waals surface area contributed by atoms with E-state index in [4.69, 9.17) is 4.74 Å². The van der Waals surface area contributed by atoms with Gasteiger partial charge in [-0.2, -0.15) is 0 Å². The second-order valence-corrected chi connectivity index (χ2v) is 7.22. The molecule has 0 amide bonds. The van der Waals surface area contributed by atoms with Crippen LogP contribution in [-0.4, -0.2) is 26.3 Å². The predicted molar refractivity (Wildman–Crippen MR) is 85.9 cm³/mol. The zero-order valence-corrected chi connectivity index (χ0v) is 13.9. The molecule has 0 saturated heterocycles. The van der Waals surface area contributed by atoms with E-state index in [2.05, 4.69) is 19.2 Å². The number of fused-ring (bicyclic) bond motifs is 1. The van der Waals surface area contributed by atoms with Crippen LogP contribution in [0.2, 0.25) is 0 Å². The molecular formula is C18H35NO. The van der Waals surface area contributed by atoms with Crippen molar-refractivity contribution in [3.8, 4) is 0 Å². The van der Waals surface area contributed by atoms with Gasteiger partial charge in [-0.3, -0.25) is 0 Å². The lowest BCUT2D eigenvalue weighted by atomic mass is 9.65. The SMILES string of the molecule is CCNC(C(C)CCOC)C1CCC2CCCCC2C1. The van der Waals surface area contributed by atoms with Crippen molar-refractivity contribution in [1.82, 2.24) is 5.32 Å². The third-order valence-electron chi connectivity index (χ3n) is 5.92. The molecule has 2 heteroatoms. The van der Waals surface area contributed by atoms with Crippen molar-refractivity contribution in [3.05, 3.63) is 0 Å². The van der Waals surface area contributed by atoms with E-state index in [0.717, 1.165) is 36.8 Å². The minimum Gasteiger partial charge on any atom is -0.385 e. The highest BCUT2D eigenvalue weighted by atomic mass is 16.5. The van der Waals surface area contributed by atoms with Gasteiger partial charge in [-0.25, -0.2) is 0 Å². The van der Waals surface area contributed by atoms with E-state index in [1.165, 1.54) is 51.4 Å². The van der Waals surface area contributed by atoms with E-state index in [-0.39, 0.29) is 0 Å². The maximum atomic E-state index is 5.29. The molecule has 0 radical (unpaired) electrons. The molecule has 2 aliphatic rings. The van der Waals surface area contributed by atoms with Crippen LogP contribution in [-0.2, 0) is 4.74 Å². The largest absolute Gasteiger partial charge is 0.385 e. The summed E-state index contributed by atoms with van der Waals surface area (Å²) in [5.74, 6) is 3.75. The van der Waals surface area contributed by atoms with Crippen LogP contribution in [0.5, 0.6) is 0 Å². The van der Waals surface area contributed by atoms with Crippen LogP contribution >= 0.6 is 0 Å². The Morgan fingerprint density at radius 1 is 1.10 bits per heavy atom. The van der Waals surface area contributed by atoms with Gasteiger partial charge in [0.05, 0.1) is 0 Å². The van der Waals surface area contributed by atoms with Gasteiger partial charge >= 0.3 is 0 Å². The Hall–Kier alpha value is -0.0800. The third-order valence-corrected chi connectivity index (χ3v) is 5.92. The average Bonchev–Trinajstić information content (AvgIpc) is 2.49. The first-order chi connectivity index (χ1) is 9.76. The summed E-state index contributed by atoms with van der Waals surface area (Å²) in [7, 11) is 1.82. The van der Waals surface area contributed by atoms with Crippen LogP contribution in [0.4, 0.5) is 0 Å². The zero-order chi connectivity index (χ0) is 14.4. The number of nitrogens with one attached hydrogen (secondary N) is 1. The molecule has 2 rings (SSSR count). The summed E-state index contributed by atoms with van der Waals surface area (Å²) in [5, 5.41) is 3.80. The lowest BCUT2D eigenvalue weighted by Gasteiger charge is -2.43. The molecule has 0 bridgehead atoms. The topological polar surface area (TPSA) is 21.3 Å². The van der Waals surface area contributed by atoms with Crippen LogP contribution in [0.1, 0.15) is 65.2 Å². The molecule has 2 nitrogen and oxygen atoms in total. The van der Waals surface area contributed by atoms with Gasteiger partial charge in [-0.15, -0.1) is 0 Å². The molecule has 0 spiro atoms. The normalized spacial score (nSPS) is 33.5. The summed E-state index contributed by atoms with van der Waals surface area (Å²) < 4.78 is 5.29. The van der Waals surface area contributed by atoms with Crippen LogP contribution in [0.25, 0.3) is 0 Å². The first-order valence-electron chi connectivity index (χ1n) is 8.98. The molecule has 0 aromatic carbocycles. The van der Waals surface area contributed by atoms with Gasteiger partial charge in [0.25, 0.3) is 0 Å². The Labute approximate surface area is 126 Å². The first-order valence-corrected chi connectivity index (χ1v) is 8.98. The van der Waals surface area contributed by atoms with Gasteiger partial charge in [-0.05, 0) is 55.9 Å². The standard InChI is InChI=1S/C18H35NO/c1-4-19-18(14(2)11-12-20-3)17-10-9-15-7-5-6-8-16(15)13-17/h14-19H,4-13H2,1-3H3. The molecular weight excluding hydrogens is 246 g/mol. The molecule has 20 heavy (non-hydrogen) atoms. The van der Waals surface area contributed by atoms with E-state index in [1.54, 1.807) is 0 Å². The smallest absolute Gasteiger partial charge is 0.0465 e. The predicted octanol–water partition coefficient (Wildman–Crippen LogP) is 4.24. The fraction of sp³-hybridized carbons (Fsp3) is 1.00. The minimum atomic E-state index is 0.707. The van der Waals surface area contributed by atoms with Crippen LogP contribution in [0.15, 0.2) is 0 Å². The van der Waals surface area contributed by atoms with Gasteiger partial charge in [0, 0.05) is 19.8 Å². The van der Waals surface area contributed by atoms with E-state index < -0.39 is 0 Å². The lowest BCUT2D eigenvalue weighted by molar-refractivity contribution is 0.0869. The van der Waals surface area contributed by atoms with Crippen molar-refractivity contribution in [1.29, 1.82) is 0 Å². The molecule has 5 unspecified atom stereocenters. The molecule has 0 aromatic rings. The Bertz CT molecular complexity index is 268. The van der Waals surface area contributed by atoms with E-state index in [0.29, 0.717) is 6.04 Å². The molecule has 5 atom stereocenters. The molecule has 2 aliphatic carbocycles. The quantitative estimate of drug-likeness (QED) is 0.753. The Balaban J connectivity index is 1.91. The third kappa shape index (κ3) is 4.21. The molecule has 118 valence electrons. The van der Waals surface area contributed by atoms with Gasteiger partial charge in [0.1, 0.15) is 0 Å². The van der Waals surface area contributed by atoms with Crippen molar-refractivity contribution >= 4 is 0 Å². The summed E-state index contributed by atoms with van der Waals surface area (Å²) >= 11 is 0. The second-order valence-electron chi connectivity index (χ2n) is 7.22. The van der Waals surface area contributed by atoms with Crippen LogP contribution < -0.4 is 5.32 Å². The fourth-order valence-corrected chi connectivity index (χ4v) is 4.79. The van der Waals surface area contributed by atoms with Crippen LogP contribution in [0.3, 0.4) is 0 Å². The van der Waals surface area contributed by atoms with Gasteiger partial charge in [0.2, 0.25) is 0 Å². The van der Waals surface area contributed by atoms with Gasteiger partial charge in [0.15, 0.2) is 0 Å². The highest BCUT2D eigenvalue weighted by Crippen LogP contribution is 2.44. The lowest BCUT2D eigenvalue weighted by Crippen LogP contribution is -2.45. The van der Waals surface area contributed by atoms with E-state index in [9.17, 15) is 0 Å². The first kappa shape index (κ1) is 16.3. The Morgan fingerprint density at radius 3 is 2.55 bits per heavy atom. The number of rotatable bonds is 7. The minimum absolute atomic E-state index is 0.707. The summed E-state index contributed by atoms with van der Waals surface area (Å²) in [5.41, 5.74) is 0. The second kappa shape index (κ2) is 8.38. The molecule has 1 N–H and O–H groups in total. The summed E-state index contributed by atoms with van der Waals surface area (Å²) in [6, 6.07) is 0.707. The fourth-order valence-electron chi connectivity index (χ4n) is 4.79. The monoisotopic (exact) mass is 281 g/mol. The molecule has 2 saturated carbocycles. The van der Waals surface area contributed by atoms with E-state index in [1.807, 2.05) is 7.11 Å². The number of methoxy groups -OCH3 is 1. The summed E-state index contributed by atoms with van der Waals surface area (Å²) in [4.78, 5) is 0. The molecule has 0 aliphatic heterocycles. The van der Waals surface area contributed by atoms with Crippen LogP contribution in [0, 0.1) is 23.7 Å². The Kier molecular flexibility index (Phi) is 6.83. The average molecular weight is 281 g/mol. The van der Waals surface area contributed by atoms with Crippen molar-refractivity contribution in [2.45, 2.75) is 71.3 Å². The summed E-state index contributed by atoms with van der Waals surface area (Å²) in [6.07, 6.45) is 11.6. The number of hydrogen-bond donors (Lipinski definition) is 1. The van der Waals surface area contributed by atoms with Crippen molar-refractivity contribution in [2.75, 3.05) is 20.3 Å². The number of ether oxygens (including phenoxy) is 1. The highest BCUT2D eigenvalue weighted by Gasteiger charge is 2.36. The molecule has 2 fully saturated rings. The van der Waals surface area contributed by atoms with Crippen molar-refractivity contribution < 1.29 is 4.74 Å².